The highest BCUT2D eigenvalue weighted by Crippen LogP contribution is 2.27. The second kappa shape index (κ2) is 10.2. The number of likely N-dealkylation sites (tertiary alicyclic amines) is 1. The first-order valence-corrected chi connectivity index (χ1v) is 10.8. The number of carbonyl (C=O) groups is 2. The highest BCUT2D eigenvalue weighted by Gasteiger charge is 2.29. The van der Waals surface area contributed by atoms with Crippen molar-refractivity contribution in [3.05, 3.63) is 108 Å². The second-order valence-electron chi connectivity index (χ2n) is 7.96. The van der Waals surface area contributed by atoms with Crippen molar-refractivity contribution >= 4 is 11.8 Å². The van der Waals surface area contributed by atoms with Gasteiger partial charge in [0.1, 0.15) is 12.0 Å². The van der Waals surface area contributed by atoms with Crippen LogP contribution in [-0.2, 0) is 9.53 Å². The van der Waals surface area contributed by atoms with Crippen LogP contribution in [0.5, 0.6) is 0 Å². The quantitative estimate of drug-likeness (QED) is 0.416. The molecular weight excluding hydrogens is 386 g/mol. The largest absolute Gasteiger partial charge is 0.462 e. The molecule has 0 bridgehead atoms. The van der Waals surface area contributed by atoms with E-state index in [1.807, 2.05) is 91.0 Å². The monoisotopic (exact) mass is 413 g/mol. The van der Waals surface area contributed by atoms with Crippen LogP contribution in [0.25, 0.3) is 0 Å². The molecular formula is C27H27NO3. The van der Waals surface area contributed by atoms with Crippen LogP contribution in [0.3, 0.4) is 0 Å². The van der Waals surface area contributed by atoms with Crippen LogP contribution in [0.15, 0.2) is 91.0 Å². The predicted molar refractivity (Wildman–Crippen MR) is 121 cm³/mol. The Hall–Kier alpha value is -3.24. The molecule has 1 saturated heterocycles. The number of Topliss-reactive ketones (excluding diaryl/α,β-unsaturated/α-hetero) is 1. The molecule has 0 aliphatic carbocycles. The summed E-state index contributed by atoms with van der Waals surface area (Å²) in [7, 11) is 0. The number of ether oxygens (including phenoxy) is 1. The van der Waals surface area contributed by atoms with Gasteiger partial charge in [0.05, 0.1) is 6.54 Å². The van der Waals surface area contributed by atoms with Gasteiger partial charge in [0.25, 0.3) is 0 Å². The first-order valence-electron chi connectivity index (χ1n) is 10.8. The molecule has 4 rings (SSSR count). The highest BCUT2D eigenvalue weighted by molar-refractivity contribution is 5.97. The van der Waals surface area contributed by atoms with Crippen LogP contribution in [0, 0.1) is 0 Å². The van der Waals surface area contributed by atoms with E-state index in [0.717, 1.165) is 42.6 Å². The Bertz CT molecular complexity index is 941. The Morgan fingerprint density at radius 3 is 1.77 bits per heavy atom. The number of esters is 1. The van der Waals surface area contributed by atoms with E-state index in [1.165, 1.54) is 0 Å². The van der Waals surface area contributed by atoms with Crippen molar-refractivity contribution in [2.24, 2.45) is 0 Å². The van der Waals surface area contributed by atoms with Crippen molar-refractivity contribution in [3.8, 4) is 0 Å². The van der Waals surface area contributed by atoms with Gasteiger partial charge in [-0.25, -0.2) is 0 Å². The molecule has 0 N–H and O–H groups in total. The molecule has 1 aliphatic heterocycles. The minimum Gasteiger partial charge on any atom is -0.462 e. The predicted octanol–water partition coefficient (Wildman–Crippen LogP) is 4.71. The fourth-order valence-electron chi connectivity index (χ4n) is 4.09. The number of hydrogen-bond acceptors (Lipinski definition) is 4. The first-order chi connectivity index (χ1) is 15.2. The van der Waals surface area contributed by atoms with Crippen molar-refractivity contribution in [1.29, 1.82) is 0 Å². The van der Waals surface area contributed by atoms with E-state index in [1.54, 1.807) is 0 Å². The molecule has 0 aromatic heterocycles. The molecule has 3 aromatic carbocycles. The Morgan fingerprint density at radius 2 is 1.26 bits per heavy atom. The van der Waals surface area contributed by atoms with Gasteiger partial charge in [0.2, 0.25) is 0 Å². The van der Waals surface area contributed by atoms with Gasteiger partial charge < -0.3 is 4.74 Å². The van der Waals surface area contributed by atoms with Gasteiger partial charge in [-0.2, -0.15) is 0 Å². The lowest BCUT2D eigenvalue weighted by atomic mass is 9.91. The molecule has 0 spiro atoms. The van der Waals surface area contributed by atoms with E-state index < -0.39 is 5.92 Å². The second-order valence-corrected chi connectivity index (χ2v) is 7.96. The third-order valence-corrected chi connectivity index (χ3v) is 5.78. The minimum atomic E-state index is -0.430. The summed E-state index contributed by atoms with van der Waals surface area (Å²) >= 11 is 0. The van der Waals surface area contributed by atoms with Crippen LogP contribution in [0.1, 0.15) is 40.2 Å². The van der Waals surface area contributed by atoms with Crippen LogP contribution < -0.4 is 0 Å². The summed E-state index contributed by atoms with van der Waals surface area (Å²) in [5.74, 6) is -0.513. The summed E-state index contributed by atoms with van der Waals surface area (Å²) in [4.78, 5) is 27.8. The van der Waals surface area contributed by atoms with E-state index >= 15 is 0 Å². The molecule has 1 aliphatic rings. The van der Waals surface area contributed by atoms with Crippen molar-refractivity contribution in [3.63, 3.8) is 0 Å². The topological polar surface area (TPSA) is 46.6 Å². The summed E-state index contributed by atoms with van der Waals surface area (Å²) in [5, 5.41) is 0. The third-order valence-electron chi connectivity index (χ3n) is 5.78. The van der Waals surface area contributed by atoms with Crippen molar-refractivity contribution in [1.82, 2.24) is 4.90 Å². The summed E-state index contributed by atoms with van der Waals surface area (Å²) in [5.41, 5.74) is 2.61. The fourth-order valence-corrected chi connectivity index (χ4v) is 4.09. The molecule has 0 atom stereocenters. The molecule has 0 radical (unpaired) electrons. The average molecular weight is 414 g/mol. The molecule has 4 nitrogen and oxygen atoms in total. The zero-order valence-electron chi connectivity index (χ0n) is 17.5. The minimum absolute atomic E-state index is 0.120. The maximum atomic E-state index is 13.2. The van der Waals surface area contributed by atoms with Crippen molar-refractivity contribution in [2.45, 2.75) is 24.9 Å². The highest BCUT2D eigenvalue weighted by atomic mass is 16.5. The Balaban J connectivity index is 1.36. The van der Waals surface area contributed by atoms with Crippen LogP contribution >= 0.6 is 0 Å². The molecule has 3 aromatic rings. The molecule has 0 unspecified atom stereocenters. The first kappa shape index (κ1) is 21.0. The van der Waals surface area contributed by atoms with Gasteiger partial charge >= 0.3 is 5.97 Å². The summed E-state index contributed by atoms with van der Waals surface area (Å²) < 4.78 is 5.95. The molecule has 4 heteroatoms. The summed E-state index contributed by atoms with van der Waals surface area (Å²) in [6, 6.07) is 28.9. The van der Waals surface area contributed by atoms with Crippen LogP contribution in [0.4, 0.5) is 0 Å². The third kappa shape index (κ3) is 5.47. The maximum Gasteiger partial charge on any atom is 0.318 e. The van der Waals surface area contributed by atoms with Gasteiger partial charge in [0, 0.05) is 18.7 Å². The van der Waals surface area contributed by atoms with Gasteiger partial charge in [0.15, 0.2) is 5.78 Å². The Labute approximate surface area is 183 Å². The van der Waals surface area contributed by atoms with E-state index in [0.29, 0.717) is 6.54 Å². The summed E-state index contributed by atoms with van der Waals surface area (Å²) in [6.45, 7) is 1.90. The van der Waals surface area contributed by atoms with E-state index in [2.05, 4.69) is 4.90 Å². The number of ketones is 1. The van der Waals surface area contributed by atoms with Crippen molar-refractivity contribution < 1.29 is 14.3 Å². The summed E-state index contributed by atoms with van der Waals surface area (Å²) in [6.07, 6.45) is 1.36. The zero-order chi connectivity index (χ0) is 21.5. The lowest BCUT2D eigenvalue weighted by Gasteiger charge is -2.32. The van der Waals surface area contributed by atoms with E-state index in [4.69, 9.17) is 4.74 Å². The Morgan fingerprint density at radius 1 is 0.774 bits per heavy atom. The molecule has 0 amide bonds. The normalized spacial score (nSPS) is 15.0. The Kier molecular flexibility index (Phi) is 6.90. The fraction of sp³-hybridized carbons (Fsp3) is 0.259. The standard InChI is InChI=1S/C27H27NO3/c29-25(21-10-4-1-5-11-21)20-28-18-16-24(17-19-28)31-27(30)26(22-12-6-2-7-13-22)23-14-8-3-9-15-23/h1-15,24,26H,16-20H2. The molecule has 31 heavy (non-hydrogen) atoms. The average Bonchev–Trinajstić information content (AvgIpc) is 2.82. The number of rotatable bonds is 7. The number of carbonyl (C=O) groups excluding carboxylic acids is 2. The SMILES string of the molecule is O=C(CN1CCC(OC(=O)C(c2ccccc2)c2ccccc2)CC1)c1ccccc1. The maximum absolute atomic E-state index is 13.2. The van der Waals surface area contributed by atoms with Gasteiger partial charge in [-0.3, -0.25) is 14.5 Å². The number of nitrogens with zero attached hydrogens (tertiary/aromatic N) is 1. The van der Waals surface area contributed by atoms with E-state index in [-0.39, 0.29) is 17.9 Å². The van der Waals surface area contributed by atoms with E-state index in [9.17, 15) is 9.59 Å². The smallest absolute Gasteiger partial charge is 0.318 e. The molecule has 0 saturated carbocycles. The van der Waals surface area contributed by atoms with Crippen molar-refractivity contribution in [2.75, 3.05) is 19.6 Å². The lowest BCUT2D eigenvalue weighted by molar-refractivity contribution is -0.152. The van der Waals surface area contributed by atoms with Crippen LogP contribution in [-0.4, -0.2) is 42.4 Å². The number of benzene rings is 3. The van der Waals surface area contributed by atoms with Gasteiger partial charge in [-0.15, -0.1) is 0 Å². The van der Waals surface area contributed by atoms with Crippen LogP contribution in [0.2, 0.25) is 0 Å². The van der Waals surface area contributed by atoms with Gasteiger partial charge in [-0.05, 0) is 24.0 Å². The molecule has 1 fully saturated rings. The molecule has 1 heterocycles. The molecule has 158 valence electrons. The van der Waals surface area contributed by atoms with Gasteiger partial charge in [-0.1, -0.05) is 91.0 Å². The zero-order valence-corrected chi connectivity index (χ0v) is 17.5. The lowest BCUT2D eigenvalue weighted by Crippen LogP contribution is -2.41. The number of piperidine rings is 1. The number of hydrogen-bond donors (Lipinski definition) is 0.